The lowest BCUT2D eigenvalue weighted by Crippen LogP contribution is -2.17. The zero-order valence-electron chi connectivity index (χ0n) is 30.7. The van der Waals surface area contributed by atoms with Crippen LogP contribution < -0.4 is 0 Å². The second kappa shape index (κ2) is 13.5. The highest BCUT2D eigenvalue weighted by Gasteiger charge is 2.41. The summed E-state index contributed by atoms with van der Waals surface area (Å²) >= 11 is 3.82. The van der Waals surface area contributed by atoms with Gasteiger partial charge in [-0.2, -0.15) is 0 Å². The molecule has 5 heteroatoms. The Morgan fingerprint density at radius 2 is 1.38 bits per heavy atom. The Bertz CT molecular complexity index is 2880. The second-order valence-corrected chi connectivity index (χ2v) is 16.8. The van der Waals surface area contributed by atoms with E-state index in [1.54, 1.807) is 0 Å². The Morgan fingerprint density at radius 3 is 2.18 bits per heavy atom. The molecular weight excluding hydrogens is 707 g/mol. The minimum absolute atomic E-state index is 0.180. The number of fused-ring (bicyclic) bond motifs is 10. The van der Waals surface area contributed by atoms with E-state index in [1.165, 1.54) is 63.6 Å². The number of nitrogens with zero attached hydrogens (tertiary/aromatic N) is 3. The third-order valence-electron chi connectivity index (χ3n) is 11.0. The Hall–Kier alpha value is -5.88. The first-order chi connectivity index (χ1) is 27.0. The van der Waals surface area contributed by atoms with E-state index in [2.05, 4.69) is 170 Å². The van der Waals surface area contributed by atoms with Gasteiger partial charge < -0.3 is 4.57 Å². The van der Waals surface area contributed by atoms with Crippen molar-refractivity contribution >= 4 is 63.5 Å². The monoisotopic (exact) mass is 743 g/mol. The second-order valence-electron chi connectivity index (χ2n) is 14.6. The molecule has 8 aromatic rings. The van der Waals surface area contributed by atoms with Gasteiger partial charge in [0.05, 0.1) is 29.0 Å². The summed E-state index contributed by atoms with van der Waals surface area (Å²) in [6.07, 6.45) is 2.07. The SMILES string of the molecule is C=N/C(=C\C(=NCc1ccccc1)c1cccc(-n2c3ccccc3c3ccc4c(c32)-c2ccc3c(c2C4(C)C)Sc2ccccc2S3)c1)c1ccccc1. The number of aromatic nitrogens is 1. The third-order valence-corrected chi connectivity index (χ3v) is 13.6. The fourth-order valence-electron chi connectivity index (χ4n) is 8.42. The molecule has 55 heavy (non-hydrogen) atoms. The molecule has 1 aromatic heterocycles. The van der Waals surface area contributed by atoms with Crippen molar-refractivity contribution in [3.8, 4) is 16.8 Å². The quantitative estimate of drug-likeness (QED) is 0.152. The van der Waals surface area contributed by atoms with E-state index in [4.69, 9.17) is 4.99 Å². The van der Waals surface area contributed by atoms with Gasteiger partial charge in [-0.3, -0.25) is 9.98 Å². The van der Waals surface area contributed by atoms with Crippen LogP contribution in [0.2, 0.25) is 0 Å². The van der Waals surface area contributed by atoms with Gasteiger partial charge in [0.15, 0.2) is 0 Å². The topological polar surface area (TPSA) is 29.6 Å². The van der Waals surface area contributed by atoms with E-state index in [-0.39, 0.29) is 5.41 Å². The Morgan fingerprint density at radius 1 is 0.673 bits per heavy atom. The van der Waals surface area contributed by atoms with Crippen LogP contribution in [0.25, 0.3) is 44.3 Å². The minimum atomic E-state index is -0.180. The lowest BCUT2D eigenvalue weighted by Gasteiger charge is -2.28. The zero-order chi connectivity index (χ0) is 37.1. The Kier molecular flexibility index (Phi) is 8.24. The molecule has 0 fully saturated rings. The minimum Gasteiger partial charge on any atom is -0.309 e. The molecule has 2 heterocycles. The summed E-state index contributed by atoms with van der Waals surface area (Å²) in [4.78, 5) is 15.1. The summed E-state index contributed by atoms with van der Waals surface area (Å²) in [5, 5.41) is 2.50. The smallest absolute Gasteiger partial charge is 0.0716 e. The van der Waals surface area contributed by atoms with E-state index < -0.39 is 0 Å². The average Bonchev–Trinajstić information content (AvgIpc) is 3.69. The summed E-state index contributed by atoms with van der Waals surface area (Å²) < 4.78 is 2.48. The van der Waals surface area contributed by atoms with Gasteiger partial charge in [-0.05, 0) is 71.4 Å². The van der Waals surface area contributed by atoms with Crippen LogP contribution in [0.15, 0.2) is 193 Å². The molecule has 264 valence electrons. The highest BCUT2D eigenvalue weighted by atomic mass is 32.2. The molecular formula is C50H37N3S2. The molecule has 0 atom stereocenters. The van der Waals surface area contributed by atoms with Gasteiger partial charge in [-0.25, -0.2) is 0 Å². The number of rotatable bonds is 7. The molecule has 0 radical (unpaired) electrons. The fourth-order valence-corrected chi connectivity index (χ4v) is 11.0. The fraction of sp³-hybridized carbons (Fsp3) is 0.0800. The molecule has 1 aliphatic carbocycles. The number of aliphatic imine (C=N–C) groups is 2. The van der Waals surface area contributed by atoms with Gasteiger partial charge in [0.1, 0.15) is 0 Å². The Balaban J connectivity index is 1.19. The van der Waals surface area contributed by atoms with Gasteiger partial charge in [0.25, 0.3) is 0 Å². The van der Waals surface area contributed by atoms with Crippen LogP contribution in [-0.2, 0) is 12.0 Å². The molecule has 2 aliphatic rings. The van der Waals surface area contributed by atoms with Crippen molar-refractivity contribution in [3.05, 3.63) is 192 Å². The average molecular weight is 744 g/mol. The summed E-state index contributed by atoms with van der Waals surface area (Å²) in [7, 11) is 0. The van der Waals surface area contributed by atoms with Gasteiger partial charge in [-0.1, -0.05) is 159 Å². The maximum atomic E-state index is 5.23. The molecule has 0 N–H and O–H groups in total. The molecule has 10 rings (SSSR count). The summed E-state index contributed by atoms with van der Waals surface area (Å²) in [6.45, 7) is 9.31. The normalized spacial score (nSPS) is 14.4. The molecule has 0 bridgehead atoms. The van der Waals surface area contributed by atoms with Crippen LogP contribution in [0.1, 0.15) is 41.7 Å². The van der Waals surface area contributed by atoms with E-state index in [0.717, 1.165) is 33.8 Å². The lowest BCUT2D eigenvalue weighted by molar-refractivity contribution is 0.642. The number of benzene rings is 7. The lowest BCUT2D eigenvalue weighted by atomic mass is 9.82. The van der Waals surface area contributed by atoms with Gasteiger partial charge in [0, 0.05) is 58.1 Å². The van der Waals surface area contributed by atoms with E-state index >= 15 is 0 Å². The van der Waals surface area contributed by atoms with Crippen LogP contribution in [0.4, 0.5) is 0 Å². The molecule has 0 spiro atoms. The van der Waals surface area contributed by atoms with E-state index in [1.807, 2.05) is 47.8 Å². The van der Waals surface area contributed by atoms with E-state index in [9.17, 15) is 0 Å². The molecule has 0 amide bonds. The van der Waals surface area contributed by atoms with Crippen LogP contribution in [0.3, 0.4) is 0 Å². The van der Waals surface area contributed by atoms with Gasteiger partial charge in [0.2, 0.25) is 0 Å². The van der Waals surface area contributed by atoms with Crippen LogP contribution in [0.5, 0.6) is 0 Å². The molecule has 0 saturated carbocycles. The summed E-state index contributed by atoms with van der Waals surface area (Å²) in [5.41, 5.74) is 13.6. The largest absolute Gasteiger partial charge is 0.309 e. The molecule has 0 saturated heterocycles. The standard InChI is InChI=1S/C50H37N3S2/c1-50(2)39-27-25-37-36-21-10-11-22-42(36)53(48(37)46(39)38-26-28-45-49(47(38)50)55-44-24-13-12-23-43(44)54-45)35-20-14-19-34(29-35)41(52-31-32-15-6-4-7-16-32)30-40(51-3)33-17-8-5-9-18-33/h4-30H,3,31H2,1-2H3/b40-30-,52-41?. The Labute approximate surface area is 330 Å². The first kappa shape index (κ1) is 33.7. The highest BCUT2D eigenvalue weighted by Crippen LogP contribution is 2.60. The zero-order valence-corrected chi connectivity index (χ0v) is 32.3. The number of allylic oxidation sites excluding steroid dienone is 1. The van der Waals surface area contributed by atoms with Gasteiger partial charge >= 0.3 is 0 Å². The number of hydrogen-bond acceptors (Lipinski definition) is 4. The molecule has 1 aliphatic heterocycles. The maximum Gasteiger partial charge on any atom is 0.0716 e. The summed E-state index contributed by atoms with van der Waals surface area (Å²) in [6, 6.07) is 56.5. The van der Waals surface area contributed by atoms with Crippen molar-refractivity contribution in [1.29, 1.82) is 0 Å². The first-order valence-corrected chi connectivity index (χ1v) is 20.2. The van der Waals surface area contributed by atoms with Crippen molar-refractivity contribution in [2.24, 2.45) is 9.98 Å². The van der Waals surface area contributed by atoms with Crippen molar-refractivity contribution in [2.45, 2.75) is 45.4 Å². The molecule has 7 aromatic carbocycles. The number of hydrogen-bond donors (Lipinski definition) is 0. The van der Waals surface area contributed by atoms with Crippen LogP contribution >= 0.6 is 23.5 Å². The predicted octanol–water partition coefficient (Wildman–Crippen LogP) is 13.4. The maximum absolute atomic E-state index is 5.23. The van der Waals surface area contributed by atoms with Crippen LogP contribution in [0, 0.1) is 0 Å². The number of para-hydroxylation sites is 1. The van der Waals surface area contributed by atoms with Gasteiger partial charge in [-0.15, -0.1) is 0 Å². The molecule has 0 unspecified atom stereocenters. The van der Waals surface area contributed by atoms with Crippen molar-refractivity contribution < 1.29 is 0 Å². The van der Waals surface area contributed by atoms with Crippen LogP contribution in [-0.4, -0.2) is 17.0 Å². The summed E-state index contributed by atoms with van der Waals surface area (Å²) in [5.74, 6) is 0. The van der Waals surface area contributed by atoms with E-state index in [0.29, 0.717) is 6.54 Å². The van der Waals surface area contributed by atoms with Crippen molar-refractivity contribution in [3.63, 3.8) is 0 Å². The third kappa shape index (κ3) is 5.61. The molecule has 3 nitrogen and oxygen atoms in total. The van der Waals surface area contributed by atoms with Crippen molar-refractivity contribution in [1.82, 2.24) is 4.57 Å². The van der Waals surface area contributed by atoms with Crippen molar-refractivity contribution in [2.75, 3.05) is 0 Å². The first-order valence-electron chi connectivity index (χ1n) is 18.6. The highest BCUT2D eigenvalue weighted by molar-refractivity contribution is 8.05. The predicted molar refractivity (Wildman–Crippen MR) is 234 cm³/mol.